The summed E-state index contributed by atoms with van der Waals surface area (Å²) in [5.74, 6) is -0.645. The SMILES string of the molecule is O=C(COC(=O)CNS(=O)(=O)c1ccc2c(c1)OCCCO2)NCc1cccc(Cl)c1. The Morgan fingerprint density at radius 3 is 2.61 bits per heavy atom. The van der Waals surface area contributed by atoms with Crippen molar-refractivity contribution in [2.24, 2.45) is 0 Å². The van der Waals surface area contributed by atoms with E-state index in [4.69, 9.17) is 25.8 Å². The molecule has 1 aliphatic rings. The van der Waals surface area contributed by atoms with E-state index >= 15 is 0 Å². The number of rotatable bonds is 8. The molecule has 0 atom stereocenters. The summed E-state index contributed by atoms with van der Waals surface area (Å²) in [7, 11) is -3.99. The highest BCUT2D eigenvalue weighted by atomic mass is 35.5. The van der Waals surface area contributed by atoms with Gasteiger partial charge in [-0.1, -0.05) is 23.7 Å². The zero-order valence-corrected chi connectivity index (χ0v) is 18.0. The largest absolute Gasteiger partial charge is 0.490 e. The number of benzene rings is 2. The fourth-order valence-electron chi connectivity index (χ4n) is 2.64. The highest BCUT2D eigenvalue weighted by Crippen LogP contribution is 2.31. The molecule has 0 aromatic heterocycles. The molecule has 2 aromatic carbocycles. The van der Waals surface area contributed by atoms with Crippen LogP contribution in [0.15, 0.2) is 47.4 Å². The molecule has 0 fully saturated rings. The minimum absolute atomic E-state index is 0.0798. The summed E-state index contributed by atoms with van der Waals surface area (Å²) in [6.07, 6.45) is 0.688. The van der Waals surface area contributed by atoms with E-state index in [9.17, 15) is 18.0 Å². The number of carbonyl (C=O) groups is 2. The smallest absolute Gasteiger partial charge is 0.321 e. The quantitative estimate of drug-likeness (QED) is 0.565. The lowest BCUT2D eigenvalue weighted by molar-refractivity contribution is -0.147. The Labute approximate surface area is 184 Å². The molecular formula is C20H21ClN2O7S. The van der Waals surface area contributed by atoms with Gasteiger partial charge in [0.05, 0.1) is 18.1 Å². The Morgan fingerprint density at radius 2 is 1.84 bits per heavy atom. The van der Waals surface area contributed by atoms with Gasteiger partial charge in [0.1, 0.15) is 6.54 Å². The maximum Gasteiger partial charge on any atom is 0.321 e. The number of hydrogen-bond acceptors (Lipinski definition) is 7. The second kappa shape index (κ2) is 10.5. The summed E-state index contributed by atoms with van der Waals surface area (Å²) >= 11 is 5.87. The van der Waals surface area contributed by atoms with Crippen LogP contribution < -0.4 is 19.5 Å². The molecule has 0 aliphatic carbocycles. The summed E-state index contributed by atoms with van der Waals surface area (Å²) in [6, 6.07) is 11.1. The molecule has 11 heteroatoms. The van der Waals surface area contributed by atoms with E-state index in [0.29, 0.717) is 36.2 Å². The van der Waals surface area contributed by atoms with Crippen LogP contribution in [0.3, 0.4) is 0 Å². The Morgan fingerprint density at radius 1 is 1.06 bits per heavy atom. The fraction of sp³-hybridized carbons (Fsp3) is 0.300. The van der Waals surface area contributed by atoms with Gasteiger partial charge < -0.3 is 19.5 Å². The number of carbonyl (C=O) groups excluding carboxylic acids is 2. The number of ether oxygens (including phenoxy) is 3. The number of fused-ring (bicyclic) bond motifs is 1. The molecular weight excluding hydrogens is 448 g/mol. The molecule has 1 aliphatic heterocycles. The summed E-state index contributed by atoms with van der Waals surface area (Å²) in [4.78, 5) is 23.6. The highest BCUT2D eigenvalue weighted by molar-refractivity contribution is 7.89. The van der Waals surface area contributed by atoms with Crippen LogP contribution in [0.4, 0.5) is 0 Å². The van der Waals surface area contributed by atoms with Crippen molar-refractivity contribution in [1.82, 2.24) is 10.0 Å². The van der Waals surface area contributed by atoms with Gasteiger partial charge in [-0.05, 0) is 29.8 Å². The van der Waals surface area contributed by atoms with E-state index in [0.717, 1.165) is 5.56 Å². The highest BCUT2D eigenvalue weighted by Gasteiger charge is 2.20. The van der Waals surface area contributed by atoms with Gasteiger partial charge in [-0.15, -0.1) is 0 Å². The first kappa shape index (κ1) is 22.9. The van der Waals surface area contributed by atoms with Gasteiger partial charge in [-0.25, -0.2) is 8.42 Å². The summed E-state index contributed by atoms with van der Waals surface area (Å²) in [5, 5.41) is 3.12. The third kappa shape index (κ3) is 6.84. The van der Waals surface area contributed by atoms with Crippen LogP contribution in [0.2, 0.25) is 5.02 Å². The predicted molar refractivity (Wildman–Crippen MR) is 111 cm³/mol. The molecule has 0 radical (unpaired) electrons. The van der Waals surface area contributed by atoms with Crippen molar-refractivity contribution in [3.63, 3.8) is 0 Å². The summed E-state index contributed by atoms with van der Waals surface area (Å²) < 4.78 is 42.7. The zero-order chi connectivity index (χ0) is 22.3. The van der Waals surface area contributed by atoms with Crippen LogP contribution in [-0.4, -0.2) is 46.7 Å². The molecule has 2 aromatic rings. The Hall–Kier alpha value is -2.82. The summed E-state index contributed by atoms with van der Waals surface area (Å²) in [5.41, 5.74) is 0.787. The van der Waals surface area contributed by atoms with Crippen molar-refractivity contribution in [2.45, 2.75) is 17.9 Å². The molecule has 1 heterocycles. The summed E-state index contributed by atoms with van der Waals surface area (Å²) in [6.45, 7) is -0.0529. The molecule has 166 valence electrons. The minimum Gasteiger partial charge on any atom is -0.490 e. The van der Waals surface area contributed by atoms with Crippen LogP contribution in [0.25, 0.3) is 0 Å². The van der Waals surface area contributed by atoms with Crippen molar-refractivity contribution in [3.05, 3.63) is 53.1 Å². The van der Waals surface area contributed by atoms with Crippen LogP contribution >= 0.6 is 11.6 Å². The normalized spacial score (nSPS) is 13.2. The van der Waals surface area contributed by atoms with Gasteiger partial charge >= 0.3 is 5.97 Å². The molecule has 9 nitrogen and oxygen atoms in total. The second-order valence-corrected chi connectivity index (χ2v) is 8.75. The number of halogens is 1. The number of amides is 1. The Balaban J connectivity index is 1.45. The Bertz CT molecular complexity index is 1060. The molecule has 0 saturated carbocycles. The van der Waals surface area contributed by atoms with Crippen molar-refractivity contribution in [1.29, 1.82) is 0 Å². The van der Waals surface area contributed by atoms with E-state index < -0.39 is 35.1 Å². The Kier molecular flexibility index (Phi) is 7.72. The maximum atomic E-state index is 12.4. The first-order valence-electron chi connectivity index (χ1n) is 9.39. The maximum absolute atomic E-state index is 12.4. The average Bonchev–Trinajstić information content (AvgIpc) is 3.00. The van der Waals surface area contributed by atoms with E-state index in [1.807, 2.05) is 0 Å². The topological polar surface area (TPSA) is 120 Å². The average molecular weight is 469 g/mol. The van der Waals surface area contributed by atoms with Gasteiger partial charge in [0, 0.05) is 24.1 Å². The van der Waals surface area contributed by atoms with Crippen molar-refractivity contribution in [3.8, 4) is 11.5 Å². The number of esters is 1. The molecule has 2 N–H and O–H groups in total. The van der Waals surface area contributed by atoms with Crippen molar-refractivity contribution >= 4 is 33.5 Å². The van der Waals surface area contributed by atoms with Crippen LogP contribution in [0.1, 0.15) is 12.0 Å². The third-order valence-electron chi connectivity index (χ3n) is 4.18. The number of sulfonamides is 1. The number of nitrogens with one attached hydrogen (secondary N) is 2. The van der Waals surface area contributed by atoms with E-state index in [1.54, 1.807) is 24.3 Å². The van der Waals surface area contributed by atoms with Gasteiger partial charge in [0.2, 0.25) is 10.0 Å². The third-order valence-corrected chi connectivity index (χ3v) is 5.81. The van der Waals surface area contributed by atoms with Crippen molar-refractivity contribution < 1.29 is 32.2 Å². The van der Waals surface area contributed by atoms with E-state index in [-0.39, 0.29) is 11.4 Å². The lowest BCUT2D eigenvalue weighted by Crippen LogP contribution is -2.33. The number of hydrogen-bond donors (Lipinski definition) is 2. The van der Waals surface area contributed by atoms with Gasteiger partial charge in [-0.3, -0.25) is 9.59 Å². The lowest BCUT2D eigenvalue weighted by atomic mass is 10.2. The monoisotopic (exact) mass is 468 g/mol. The molecule has 0 unspecified atom stereocenters. The van der Waals surface area contributed by atoms with Gasteiger partial charge in [0.15, 0.2) is 18.1 Å². The van der Waals surface area contributed by atoms with Gasteiger partial charge in [-0.2, -0.15) is 4.72 Å². The van der Waals surface area contributed by atoms with Crippen LogP contribution in [0, 0.1) is 0 Å². The zero-order valence-electron chi connectivity index (χ0n) is 16.4. The molecule has 0 saturated heterocycles. The standard InChI is InChI=1S/C20H21ClN2O7S/c21-15-4-1-3-14(9-15)11-22-19(24)13-30-20(25)12-23-31(26,27)16-5-6-17-18(10-16)29-8-2-7-28-17/h1,3-6,9-10,23H,2,7-8,11-13H2,(H,22,24). The minimum atomic E-state index is -3.99. The molecule has 1 amide bonds. The van der Waals surface area contributed by atoms with Crippen LogP contribution in [0.5, 0.6) is 11.5 Å². The van der Waals surface area contributed by atoms with Crippen LogP contribution in [-0.2, 0) is 30.9 Å². The lowest BCUT2D eigenvalue weighted by Gasteiger charge is -2.11. The van der Waals surface area contributed by atoms with Crippen molar-refractivity contribution in [2.75, 3.05) is 26.4 Å². The predicted octanol–water partition coefficient (Wildman–Crippen LogP) is 1.64. The first-order chi connectivity index (χ1) is 14.8. The fourth-order valence-corrected chi connectivity index (χ4v) is 3.84. The van der Waals surface area contributed by atoms with Gasteiger partial charge in [0.25, 0.3) is 5.91 Å². The first-order valence-corrected chi connectivity index (χ1v) is 11.3. The molecule has 3 rings (SSSR count). The van der Waals surface area contributed by atoms with E-state index in [1.165, 1.54) is 18.2 Å². The molecule has 31 heavy (non-hydrogen) atoms. The van der Waals surface area contributed by atoms with E-state index in [2.05, 4.69) is 10.0 Å². The second-order valence-electron chi connectivity index (χ2n) is 6.55. The molecule has 0 spiro atoms. The molecule has 0 bridgehead atoms.